The molecule has 0 radical (unpaired) electrons. The summed E-state index contributed by atoms with van der Waals surface area (Å²) in [7, 11) is -2.56. The molecule has 8 heteroatoms. The van der Waals surface area contributed by atoms with E-state index in [1.54, 1.807) is 12.1 Å². The molecule has 0 aliphatic carbocycles. The number of ether oxygens (including phenoxy) is 2. The Morgan fingerprint density at radius 3 is 2.35 bits per heavy atom. The molecule has 0 aliphatic heterocycles. The fraction of sp³-hybridized carbons (Fsp3) is 0.278. The third kappa shape index (κ3) is 5.12. The van der Waals surface area contributed by atoms with E-state index in [0.29, 0.717) is 11.6 Å². The summed E-state index contributed by atoms with van der Waals surface area (Å²) < 4.78 is 37.2. The summed E-state index contributed by atoms with van der Waals surface area (Å²) in [4.78, 5) is 11.1. The minimum atomic E-state index is -3.80. The molecule has 0 saturated heterocycles. The molecule has 140 valence electrons. The van der Waals surface area contributed by atoms with Crippen LogP contribution in [0.4, 0.5) is 5.69 Å². The number of anilines is 1. The SMILES string of the molecule is COC(=O)COc1ccc(S(=O)(=O)Nc2ccc(C(C)C)cc2)cc1Cl. The van der Waals surface area contributed by atoms with Crippen molar-refractivity contribution in [3.05, 3.63) is 53.1 Å². The van der Waals surface area contributed by atoms with Gasteiger partial charge in [-0.25, -0.2) is 13.2 Å². The number of carbonyl (C=O) groups excluding carboxylic acids is 1. The van der Waals surface area contributed by atoms with Crippen LogP contribution in [0.5, 0.6) is 5.75 Å². The minimum Gasteiger partial charge on any atom is -0.480 e. The van der Waals surface area contributed by atoms with Gasteiger partial charge < -0.3 is 9.47 Å². The van der Waals surface area contributed by atoms with Crippen LogP contribution in [0.3, 0.4) is 0 Å². The molecule has 0 heterocycles. The highest BCUT2D eigenvalue weighted by molar-refractivity contribution is 7.92. The standard InChI is InChI=1S/C18H20ClNO5S/c1-12(2)13-4-6-14(7-5-13)20-26(22,23)15-8-9-17(16(19)10-15)25-11-18(21)24-3/h4-10,12,20H,11H2,1-3H3. The zero-order chi connectivity index (χ0) is 19.3. The number of methoxy groups -OCH3 is 1. The summed E-state index contributed by atoms with van der Waals surface area (Å²) in [5, 5.41) is 0.0759. The lowest BCUT2D eigenvalue weighted by atomic mass is 10.0. The van der Waals surface area contributed by atoms with E-state index in [1.807, 2.05) is 12.1 Å². The van der Waals surface area contributed by atoms with Crippen LogP contribution in [0.2, 0.25) is 5.02 Å². The molecule has 2 aromatic carbocycles. The van der Waals surface area contributed by atoms with Gasteiger partial charge in [0.05, 0.1) is 17.0 Å². The van der Waals surface area contributed by atoms with Crippen LogP contribution in [0.1, 0.15) is 25.3 Å². The van der Waals surface area contributed by atoms with Gasteiger partial charge >= 0.3 is 5.97 Å². The molecule has 0 amide bonds. The molecule has 1 N–H and O–H groups in total. The number of hydrogen-bond donors (Lipinski definition) is 1. The highest BCUT2D eigenvalue weighted by Crippen LogP contribution is 2.28. The van der Waals surface area contributed by atoms with E-state index in [9.17, 15) is 13.2 Å². The van der Waals surface area contributed by atoms with Gasteiger partial charge in [0.15, 0.2) is 6.61 Å². The average molecular weight is 398 g/mol. The first-order chi connectivity index (χ1) is 12.2. The number of hydrogen-bond acceptors (Lipinski definition) is 5. The van der Waals surface area contributed by atoms with E-state index < -0.39 is 16.0 Å². The van der Waals surface area contributed by atoms with Gasteiger partial charge in [-0.2, -0.15) is 0 Å². The minimum absolute atomic E-state index is 0.0131. The number of esters is 1. The van der Waals surface area contributed by atoms with Crippen LogP contribution in [0, 0.1) is 0 Å². The molecule has 6 nitrogen and oxygen atoms in total. The maximum absolute atomic E-state index is 12.5. The Balaban J connectivity index is 2.15. The normalized spacial score (nSPS) is 11.3. The second-order valence-corrected chi connectivity index (χ2v) is 7.93. The quantitative estimate of drug-likeness (QED) is 0.718. The van der Waals surface area contributed by atoms with E-state index in [1.165, 1.54) is 25.3 Å². The number of rotatable bonds is 7. The largest absolute Gasteiger partial charge is 0.480 e. The van der Waals surface area contributed by atoms with Crippen LogP contribution in [0.15, 0.2) is 47.4 Å². The molecular formula is C18H20ClNO5S. The van der Waals surface area contributed by atoms with Crippen LogP contribution < -0.4 is 9.46 Å². The van der Waals surface area contributed by atoms with Crippen molar-refractivity contribution in [2.24, 2.45) is 0 Å². The van der Waals surface area contributed by atoms with Crippen molar-refractivity contribution in [3.63, 3.8) is 0 Å². The Morgan fingerprint density at radius 1 is 1.15 bits per heavy atom. The highest BCUT2D eigenvalue weighted by atomic mass is 35.5. The van der Waals surface area contributed by atoms with E-state index in [-0.39, 0.29) is 22.3 Å². The van der Waals surface area contributed by atoms with E-state index in [2.05, 4.69) is 23.3 Å². The van der Waals surface area contributed by atoms with Crippen LogP contribution in [0.25, 0.3) is 0 Å². The Hall–Kier alpha value is -2.25. The number of nitrogens with one attached hydrogen (secondary N) is 1. The highest BCUT2D eigenvalue weighted by Gasteiger charge is 2.17. The first-order valence-corrected chi connectivity index (χ1v) is 9.71. The first-order valence-electron chi connectivity index (χ1n) is 7.85. The Labute approximate surface area is 158 Å². The van der Waals surface area contributed by atoms with Gasteiger partial charge in [0, 0.05) is 5.69 Å². The molecular weight excluding hydrogens is 378 g/mol. The molecule has 2 aromatic rings. The van der Waals surface area contributed by atoms with Gasteiger partial charge in [0.2, 0.25) is 0 Å². The lowest BCUT2D eigenvalue weighted by Crippen LogP contribution is -2.14. The van der Waals surface area contributed by atoms with Gasteiger partial charge in [0.25, 0.3) is 10.0 Å². The molecule has 26 heavy (non-hydrogen) atoms. The second-order valence-electron chi connectivity index (χ2n) is 5.84. The van der Waals surface area contributed by atoms with E-state index >= 15 is 0 Å². The summed E-state index contributed by atoms with van der Waals surface area (Å²) in [6, 6.07) is 11.2. The van der Waals surface area contributed by atoms with Crippen molar-refractivity contribution in [2.75, 3.05) is 18.4 Å². The molecule has 0 bridgehead atoms. The maximum atomic E-state index is 12.5. The Bertz CT molecular complexity index is 879. The van der Waals surface area contributed by atoms with E-state index in [4.69, 9.17) is 16.3 Å². The van der Waals surface area contributed by atoms with Gasteiger partial charge in [-0.3, -0.25) is 4.72 Å². The van der Waals surface area contributed by atoms with Crippen molar-refractivity contribution in [3.8, 4) is 5.75 Å². The average Bonchev–Trinajstić information content (AvgIpc) is 2.60. The van der Waals surface area contributed by atoms with Gasteiger partial charge in [-0.15, -0.1) is 0 Å². The Kier molecular flexibility index (Phi) is 6.50. The molecule has 0 aromatic heterocycles. The monoisotopic (exact) mass is 397 g/mol. The predicted octanol–water partition coefficient (Wildman–Crippen LogP) is 3.82. The zero-order valence-electron chi connectivity index (χ0n) is 14.7. The summed E-state index contributed by atoms with van der Waals surface area (Å²) >= 11 is 6.05. The molecule has 0 atom stereocenters. The molecule has 0 spiro atoms. The molecule has 0 saturated carbocycles. The maximum Gasteiger partial charge on any atom is 0.343 e. The third-order valence-corrected chi connectivity index (χ3v) is 5.29. The zero-order valence-corrected chi connectivity index (χ0v) is 16.2. The van der Waals surface area contributed by atoms with Crippen molar-refractivity contribution < 1.29 is 22.7 Å². The fourth-order valence-electron chi connectivity index (χ4n) is 2.11. The van der Waals surface area contributed by atoms with Crippen molar-refractivity contribution in [2.45, 2.75) is 24.7 Å². The molecule has 0 unspecified atom stereocenters. The number of carbonyl (C=O) groups is 1. The lowest BCUT2D eigenvalue weighted by Gasteiger charge is -2.12. The summed E-state index contributed by atoms with van der Waals surface area (Å²) in [5.41, 5.74) is 1.57. The predicted molar refractivity (Wildman–Crippen MR) is 100 cm³/mol. The third-order valence-electron chi connectivity index (χ3n) is 3.62. The topological polar surface area (TPSA) is 81.7 Å². The van der Waals surface area contributed by atoms with Crippen molar-refractivity contribution in [1.82, 2.24) is 0 Å². The Morgan fingerprint density at radius 2 is 1.81 bits per heavy atom. The molecule has 0 fully saturated rings. The van der Waals surface area contributed by atoms with Crippen LogP contribution in [-0.4, -0.2) is 28.1 Å². The second kappa shape index (κ2) is 8.42. The van der Waals surface area contributed by atoms with Gasteiger partial charge in [-0.1, -0.05) is 37.6 Å². The smallest absolute Gasteiger partial charge is 0.343 e. The number of halogens is 1. The van der Waals surface area contributed by atoms with Crippen LogP contribution >= 0.6 is 11.6 Å². The summed E-state index contributed by atoms with van der Waals surface area (Å²) in [6.45, 7) is 3.80. The van der Waals surface area contributed by atoms with Crippen molar-refractivity contribution >= 4 is 33.3 Å². The number of sulfonamides is 1. The fourth-order valence-corrected chi connectivity index (χ4v) is 3.50. The summed E-state index contributed by atoms with van der Waals surface area (Å²) in [5.74, 6) is -0.0152. The van der Waals surface area contributed by atoms with Gasteiger partial charge in [-0.05, 0) is 41.8 Å². The van der Waals surface area contributed by atoms with Crippen molar-refractivity contribution in [1.29, 1.82) is 0 Å². The first kappa shape index (κ1) is 20.1. The lowest BCUT2D eigenvalue weighted by molar-refractivity contribution is -0.142. The molecule has 0 aliphatic rings. The van der Waals surface area contributed by atoms with E-state index in [0.717, 1.165) is 5.56 Å². The van der Waals surface area contributed by atoms with Crippen LogP contribution in [-0.2, 0) is 19.6 Å². The summed E-state index contributed by atoms with van der Waals surface area (Å²) in [6.07, 6.45) is 0. The molecule has 2 rings (SSSR count). The van der Waals surface area contributed by atoms with Gasteiger partial charge in [0.1, 0.15) is 5.75 Å². The number of benzene rings is 2.